The van der Waals surface area contributed by atoms with Gasteiger partial charge in [0.25, 0.3) is 0 Å². The zero-order chi connectivity index (χ0) is 12.8. The number of carbonyl (C=O) groups excluding carboxylic acids is 1. The maximum atomic E-state index is 10.8. The zero-order valence-electron chi connectivity index (χ0n) is 9.88. The summed E-state index contributed by atoms with van der Waals surface area (Å²) in [5.74, 6) is -0.192. The second kappa shape index (κ2) is 5.83. The van der Waals surface area contributed by atoms with Gasteiger partial charge in [-0.25, -0.2) is 0 Å². The molecule has 0 saturated carbocycles. The lowest BCUT2D eigenvalue weighted by atomic mass is 10.5. The second-order valence-corrected chi connectivity index (χ2v) is 3.45. The van der Waals surface area contributed by atoms with Gasteiger partial charge in [-0.3, -0.25) is 4.79 Å². The van der Waals surface area contributed by atoms with E-state index in [1.54, 1.807) is 7.05 Å². The van der Waals surface area contributed by atoms with Gasteiger partial charge in [-0.05, 0) is 6.42 Å². The molecule has 0 aromatic carbocycles. The Morgan fingerprint density at radius 3 is 2.71 bits per heavy atom. The Morgan fingerprint density at radius 1 is 1.41 bits per heavy atom. The van der Waals surface area contributed by atoms with Gasteiger partial charge in [0.05, 0.1) is 13.2 Å². The quantitative estimate of drug-likeness (QED) is 0.665. The fraction of sp³-hybridized carbons (Fsp3) is 0.556. The third-order valence-corrected chi connectivity index (χ3v) is 1.79. The largest absolute Gasteiger partial charge is 0.463 e. The van der Waals surface area contributed by atoms with Gasteiger partial charge in [0, 0.05) is 7.05 Å². The molecular formula is C9H16N6O2. The summed E-state index contributed by atoms with van der Waals surface area (Å²) >= 11 is 0. The Labute approximate surface area is 99.0 Å². The van der Waals surface area contributed by atoms with E-state index in [2.05, 4.69) is 15.0 Å². The highest BCUT2D eigenvalue weighted by molar-refractivity contribution is 5.78. The fourth-order valence-corrected chi connectivity index (χ4v) is 1.09. The van der Waals surface area contributed by atoms with E-state index in [0.29, 0.717) is 6.61 Å². The van der Waals surface area contributed by atoms with Crippen molar-refractivity contribution in [3.8, 4) is 6.01 Å². The number of anilines is 2. The van der Waals surface area contributed by atoms with Crippen LogP contribution in [-0.2, 0) is 4.79 Å². The smallest absolute Gasteiger partial charge is 0.323 e. The molecule has 94 valence electrons. The number of nitrogens with two attached hydrogens (primary N) is 2. The van der Waals surface area contributed by atoms with Crippen molar-refractivity contribution < 1.29 is 9.53 Å². The average molecular weight is 240 g/mol. The molecule has 0 fully saturated rings. The predicted octanol–water partition coefficient (Wildman–Crippen LogP) is -0.836. The van der Waals surface area contributed by atoms with Crippen LogP contribution >= 0.6 is 0 Å². The number of hydrogen-bond donors (Lipinski definition) is 2. The number of likely N-dealkylation sites (N-methyl/N-ethyl adjacent to an activating group) is 1. The van der Waals surface area contributed by atoms with Crippen molar-refractivity contribution in [1.82, 2.24) is 15.0 Å². The third-order valence-electron chi connectivity index (χ3n) is 1.79. The van der Waals surface area contributed by atoms with E-state index in [0.717, 1.165) is 6.42 Å². The first kappa shape index (κ1) is 12.9. The molecule has 1 heterocycles. The molecule has 0 aliphatic carbocycles. The minimum atomic E-state index is -0.484. The Balaban J connectivity index is 2.84. The van der Waals surface area contributed by atoms with Gasteiger partial charge in [-0.15, -0.1) is 0 Å². The molecule has 1 amide bonds. The maximum absolute atomic E-state index is 10.8. The van der Waals surface area contributed by atoms with Crippen molar-refractivity contribution in [3.05, 3.63) is 0 Å². The fourth-order valence-electron chi connectivity index (χ4n) is 1.09. The molecule has 8 heteroatoms. The van der Waals surface area contributed by atoms with Crippen LogP contribution in [0.15, 0.2) is 0 Å². The highest BCUT2D eigenvalue weighted by Gasteiger charge is 2.11. The number of hydrogen-bond acceptors (Lipinski definition) is 7. The second-order valence-electron chi connectivity index (χ2n) is 3.45. The van der Waals surface area contributed by atoms with E-state index in [1.165, 1.54) is 4.90 Å². The van der Waals surface area contributed by atoms with Gasteiger partial charge >= 0.3 is 6.01 Å². The highest BCUT2D eigenvalue weighted by atomic mass is 16.5. The summed E-state index contributed by atoms with van der Waals surface area (Å²) in [4.78, 5) is 24.0. The molecule has 0 saturated heterocycles. The van der Waals surface area contributed by atoms with E-state index in [4.69, 9.17) is 16.2 Å². The van der Waals surface area contributed by atoms with E-state index in [1.807, 2.05) is 6.92 Å². The summed E-state index contributed by atoms with van der Waals surface area (Å²) in [6, 6.07) is 0.144. The molecule has 0 bridgehead atoms. The minimum absolute atomic E-state index is 0.00330. The lowest BCUT2D eigenvalue weighted by Crippen LogP contribution is -2.32. The number of nitrogen functional groups attached to an aromatic ring is 1. The van der Waals surface area contributed by atoms with Crippen molar-refractivity contribution in [2.45, 2.75) is 13.3 Å². The standard InChI is InChI=1S/C9H16N6O2/c1-3-4-17-9-13-7(11)12-8(14-9)15(2)5-6(10)16/h3-5H2,1-2H3,(H2,10,16)(H2,11,12,13,14). The van der Waals surface area contributed by atoms with Gasteiger partial charge in [0.2, 0.25) is 17.8 Å². The molecule has 0 aliphatic heterocycles. The van der Waals surface area contributed by atoms with Crippen LogP contribution in [0.3, 0.4) is 0 Å². The van der Waals surface area contributed by atoms with Crippen LogP contribution in [0.5, 0.6) is 6.01 Å². The minimum Gasteiger partial charge on any atom is -0.463 e. The summed E-state index contributed by atoms with van der Waals surface area (Å²) in [6.45, 7) is 2.45. The first-order chi connectivity index (χ1) is 8.02. The Morgan fingerprint density at radius 2 is 2.12 bits per heavy atom. The first-order valence-corrected chi connectivity index (χ1v) is 5.16. The van der Waals surface area contributed by atoms with Crippen molar-refractivity contribution in [2.75, 3.05) is 30.8 Å². The van der Waals surface area contributed by atoms with Gasteiger partial charge in [0.15, 0.2) is 0 Å². The Kier molecular flexibility index (Phi) is 4.44. The Bertz CT molecular complexity index is 397. The number of aromatic nitrogens is 3. The molecule has 4 N–H and O–H groups in total. The van der Waals surface area contributed by atoms with Crippen LogP contribution in [0, 0.1) is 0 Å². The molecule has 0 aliphatic rings. The maximum Gasteiger partial charge on any atom is 0.323 e. The van der Waals surface area contributed by atoms with E-state index in [9.17, 15) is 4.79 Å². The monoisotopic (exact) mass is 240 g/mol. The van der Waals surface area contributed by atoms with Gasteiger partial charge < -0.3 is 21.1 Å². The van der Waals surface area contributed by atoms with Gasteiger partial charge in [-0.1, -0.05) is 6.92 Å². The van der Waals surface area contributed by atoms with Crippen LogP contribution in [0.2, 0.25) is 0 Å². The molecule has 0 radical (unpaired) electrons. The van der Waals surface area contributed by atoms with Crippen LogP contribution < -0.4 is 21.1 Å². The van der Waals surface area contributed by atoms with Crippen molar-refractivity contribution >= 4 is 17.8 Å². The van der Waals surface area contributed by atoms with Crippen molar-refractivity contribution in [2.24, 2.45) is 5.73 Å². The number of ether oxygens (including phenoxy) is 1. The molecule has 0 spiro atoms. The SMILES string of the molecule is CCCOc1nc(N)nc(N(C)CC(N)=O)n1. The molecule has 0 atom stereocenters. The molecule has 17 heavy (non-hydrogen) atoms. The topological polar surface area (TPSA) is 120 Å². The molecule has 1 aromatic heterocycles. The van der Waals surface area contributed by atoms with Crippen molar-refractivity contribution in [1.29, 1.82) is 0 Å². The molecular weight excluding hydrogens is 224 g/mol. The lowest BCUT2D eigenvalue weighted by molar-refractivity contribution is -0.116. The number of rotatable bonds is 6. The molecule has 0 unspecified atom stereocenters. The van der Waals surface area contributed by atoms with E-state index in [-0.39, 0.29) is 24.5 Å². The lowest BCUT2D eigenvalue weighted by Gasteiger charge is -2.15. The van der Waals surface area contributed by atoms with Gasteiger partial charge in [-0.2, -0.15) is 15.0 Å². The van der Waals surface area contributed by atoms with E-state index < -0.39 is 5.91 Å². The first-order valence-electron chi connectivity index (χ1n) is 5.16. The number of carbonyl (C=O) groups is 1. The van der Waals surface area contributed by atoms with Crippen LogP contribution in [0.1, 0.15) is 13.3 Å². The average Bonchev–Trinajstić information content (AvgIpc) is 2.24. The third kappa shape index (κ3) is 4.09. The summed E-state index contributed by atoms with van der Waals surface area (Å²) < 4.78 is 5.25. The summed E-state index contributed by atoms with van der Waals surface area (Å²) in [5, 5.41) is 0. The number of amides is 1. The number of nitrogens with zero attached hydrogens (tertiary/aromatic N) is 4. The molecule has 1 aromatic rings. The Hall–Kier alpha value is -2.12. The van der Waals surface area contributed by atoms with Crippen LogP contribution in [0.25, 0.3) is 0 Å². The van der Waals surface area contributed by atoms with E-state index >= 15 is 0 Å². The summed E-state index contributed by atoms with van der Waals surface area (Å²) in [6.07, 6.45) is 0.831. The zero-order valence-corrected chi connectivity index (χ0v) is 9.88. The normalized spacial score (nSPS) is 10.0. The van der Waals surface area contributed by atoms with Crippen LogP contribution in [0.4, 0.5) is 11.9 Å². The van der Waals surface area contributed by atoms with Gasteiger partial charge in [0.1, 0.15) is 0 Å². The highest BCUT2D eigenvalue weighted by Crippen LogP contribution is 2.11. The summed E-state index contributed by atoms with van der Waals surface area (Å²) in [5.41, 5.74) is 10.6. The van der Waals surface area contributed by atoms with Crippen molar-refractivity contribution in [3.63, 3.8) is 0 Å². The molecule has 1 rings (SSSR count). The predicted molar refractivity (Wildman–Crippen MR) is 62.5 cm³/mol. The van der Waals surface area contributed by atoms with Crippen LogP contribution in [-0.4, -0.2) is 41.1 Å². The summed E-state index contributed by atoms with van der Waals surface area (Å²) in [7, 11) is 1.63. The number of primary amides is 1. The molecule has 8 nitrogen and oxygen atoms in total.